The first-order valence-electron chi connectivity index (χ1n) is 4.93. The molecule has 13 heavy (non-hydrogen) atoms. The second-order valence-electron chi connectivity index (χ2n) is 4.27. The van der Waals surface area contributed by atoms with Crippen molar-refractivity contribution in [1.82, 2.24) is 0 Å². The summed E-state index contributed by atoms with van der Waals surface area (Å²) in [5, 5.41) is 1.09. The van der Waals surface area contributed by atoms with Gasteiger partial charge in [0.15, 0.2) is 0 Å². The van der Waals surface area contributed by atoms with E-state index >= 15 is 0 Å². The van der Waals surface area contributed by atoms with Crippen LogP contribution in [0.25, 0.3) is 0 Å². The summed E-state index contributed by atoms with van der Waals surface area (Å²) in [7, 11) is -0.654. The van der Waals surface area contributed by atoms with E-state index in [1.54, 1.807) is 0 Å². The minimum absolute atomic E-state index is 0.0323. The fourth-order valence-corrected chi connectivity index (χ4v) is 2.46. The Balaban J connectivity index is 3.38. The van der Waals surface area contributed by atoms with Crippen LogP contribution < -0.4 is 0 Å². The van der Waals surface area contributed by atoms with E-state index in [4.69, 9.17) is 0 Å². The van der Waals surface area contributed by atoms with Crippen molar-refractivity contribution in [2.24, 2.45) is 0 Å². The molecule has 0 aliphatic rings. The van der Waals surface area contributed by atoms with E-state index in [1.807, 2.05) is 20.8 Å². The van der Waals surface area contributed by atoms with Crippen LogP contribution in [0.1, 0.15) is 46.5 Å². The SMILES string of the molecule is CC(C)(C)S(=O)CCCCCCBr. The highest BCUT2D eigenvalue weighted by Gasteiger charge is 2.18. The van der Waals surface area contributed by atoms with Gasteiger partial charge in [-0.25, -0.2) is 0 Å². The Bertz CT molecular complexity index is 151. The topological polar surface area (TPSA) is 17.1 Å². The molecule has 0 fully saturated rings. The highest BCUT2D eigenvalue weighted by Crippen LogP contribution is 2.13. The van der Waals surface area contributed by atoms with Crippen molar-refractivity contribution in [3.8, 4) is 0 Å². The number of halogens is 1. The predicted octanol–water partition coefficient (Wildman–Crippen LogP) is 3.49. The molecule has 0 aromatic heterocycles. The van der Waals surface area contributed by atoms with Crippen molar-refractivity contribution in [2.75, 3.05) is 11.1 Å². The number of unbranched alkanes of at least 4 members (excludes halogenated alkanes) is 3. The highest BCUT2D eigenvalue weighted by atomic mass is 79.9. The van der Waals surface area contributed by atoms with Crippen LogP contribution >= 0.6 is 15.9 Å². The molecule has 0 bridgehead atoms. The molecule has 3 heteroatoms. The third kappa shape index (κ3) is 7.68. The predicted molar refractivity (Wildman–Crippen MR) is 65.0 cm³/mol. The van der Waals surface area contributed by atoms with E-state index in [9.17, 15) is 4.21 Å². The third-order valence-electron chi connectivity index (χ3n) is 1.90. The summed E-state index contributed by atoms with van der Waals surface area (Å²) in [5.74, 6) is 0.867. The van der Waals surface area contributed by atoms with Gasteiger partial charge in [-0.2, -0.15) is 0 Å². The maximum absolute atomic E-state index is 11.6. The summed E-state index contributed by atoms with van der Waals surface area (Å²) in [6, 6.07) is 0. The molecular weight excluding hydrogens is 248 g/mol. The molecule has 0 saturated heterocycles. The van der Waals surface area contributed by atoms with Gasteiger partial charge in [0.25, 0.3) is 0 Å². The smallest absolute Gasteiger partial charge is 0.0375 e. The quantitative estimate of drug-likeness (QED) is 0.533. The van der Waals surface area contributed by atoms with Crippen molar-refractivity contribution < 1.29 is 4.21 Å². The first-order chi connectivity index (χ1) is 5.98. The lowest BCUT2D eigenvalue weighted by molar-refractivity contribution is 0.638. The Labute approximate surface area is 93.3 Å². The summed E-state index contributed by atoms with van der Waals surface area (Å²) in [6.07, 6.45) is 4.82. The molecule has 0 heterocycles. The lowest BCUT2D eigenvalue weighted by Crippen LogP contribution is -2.23. The maximum atomic E-state index is 11.6. The number of alkyl halides is 1. The molecule has 1 unspecified atom stereocenters. The van der Waals surface area contributed by atoms with Crippen LogP contribution in [-0.2, 0) is 10.8 Å². The number of hydrogen-bond donors (Lipinski definition) is 0. The van der Waals surface area contributed by atoms with Crippen LogP contribution in [0, 0.1) is 0 Å². The van der Waals surface area contributed by atoms with Gasteiger partial charge in [-0.3, -0.25) is 4.21 Å². The minimum atomic E-state index is -0.654. The van der Waals surface area contributed by atoms with E-state index < -0.39 is 10.8 Å². The average Bonchev–Trinajstić information content (AvgIpc) is 2.02. The zero-order chi connectivity index (χ0) is 10.3. The molecule has 80 valence electrons. The van der Waals surface area contributed by atoms with Gasteiger partial charge in [0.05, 0.1) is 0 Å². The maximum Gasteiger partial charge on any atom is 0.0375 e. The monoisotopic (exact) mass is 268 g/mol. The van der Waals surface area contributed by atoms with Gasteiger partial charge in [0.2, 0.25) is 0 Å². The van der Waals surface area contributed by atoms with Crippen LogP contribution in [0.5, 0.6) is 0 Å². The van der Waals surface area contributed by atoms with Crippen molar-refractivity contribution in [3.05, 3.63) is 0 Å². The van der Waals surface area contributed by atoms with Gasteiger partial charge in [0.1, 0.15) is 0 Å². The largest absolute Gasteiger partial charge is 0.259 e. The second-order valence-corrected chi connectivity index (χ2v) is 7.38. The molecule has 0 N–H and O–H groups in total. The summed E-state index contributed by atoms with van der Waals surface area (Å²) >= 11 is 3.40. The molecule has 0 aliphatic carbocycles. The number of rotatable bonds is 6. The zero-order valence-electron chi connectivity index (χ0n) is 8.94. The summed E-state index contributed by atoms with van der Waals surface area (Å²) < 4.78 is 11.6. The first kappa shape index (κ1) is 13.6. The molecule has 0 aliphatic heterocycles. The second kappa shape index (κ2) is 6.99. The first-order valence-corrected chi connectivity index (χ1v) is 7.37. The average molecular weight is 269 g/mol. The van der Waals surface area contributed by atoms with Gasteiger partial charge in [-0.1, -0.05) is 28.8 Å². The van der Waals surface area contributed by atoms with Crippen molar-refractivity contribution in [3.63, 3.8) is 0 Å². The van der Waals surface area contributed by atoms with Crippen LogP contribution in [0.3, 0.4) is 0 Å². The van der Waals surface area contributed by atoms with Crippen molar-refractivity contribution in [1.29, 1.82) is 0 Å². The van der Waals surface area contributed by atoms with E-state index in [0.29, 0.717) is 0 Å². The minimum Gasteiger partial charge on any atom is -0.259 e. The molecule has 0 amide bonds. The Morgan fingerprint density at radius 2 is 1.62 bits per heavy atom. The van der Waals surface area contributed by atoms with Crippen LogP contribution in [0.2, 0.25) is 0 Å². The Kier molecular flexibility index (Phi) is 7.33. The summed E-state index contributed by atoms with van der Waals surface area (Å²) in [6.45, 7) is 6.13. The van der Waals surface area contributed by atoms with E-state index in [2.05, 4.69) is 15.9 Å². The molecule has 0 aromatic carbocycles. The highest BCUT2D eigenvalue weighted by molar-refractivity contribution is 9.09. The molecule has 0 saturated carbocycles. The molecule has 1 nitrogen and oxygen atoms in total. The molecular formula is C10H21BrOS. The summed E-state index contributed by atoms with van der Waals surface area (Å²) in [5.41, 5.74) is 0. The van der Waals surface area contributed by atoms with E-state index in [-0.39, 0.29) is 4.75 Å². The normalized spacial score (nSPS) is 14.5. The van der Waals surface area contributed by atoms with Gasteiger partial charge in [0, 0.05) is 26.6 Å². The van der Waals surface area contributed by atoms with Crippen molar-refractivity contribution in [2.45, 2.75) is 51.2 Å². The van der Waals surface area contributed by atoms with E-state index in [1.165, 1.54) is 19.3 Å². The Hall–Kier alpha value is 0.630. The van der Waals surface area contributed by atoms with Crippen LogP contribution in [-0.4, -0.2) is 20.0 Å². The third-order valence-corrected chi connectivity index (χ3v) is 4.48. The fraction of sp³-hybridized carbons (Fsp3) is 1.00. The van der Waals surface area contributed by atoms with Gasteiger partial charge >= 0.3 is 0 Å². The lowest BCUT2D eigenvalue weighted by atomic mass is 10.2. The standard InChI is InChI=1S/C10H21BrOS/c1-10(2,3)13(12)9-7-5-4-6-8-11/h4-9H2,1-3H3. The van der Waals surface area contributed by atoms with Crippen LogP contribution in [0.15, 0.2) is 0 Å². The molecule has 0 radical (unpaired) electrons. The Morgan fingerprint density at radius 3 is 2.08 bits per heavy atom. The van der Waals surface area contributed by atoms with Gasteiger partial charge in [-0.15, -0.1) is 0 Å². The van der Waals surface area contributed by atoms with Gasteiger partial charge in [-0.05, 0) is 33.6 Å². The Morgan fingerprint density at radius 1 is 1.08 bits per heavy atom. The van der Waals surface area contributed by atoms with E-state index in [0.717, 1.165) is 17.5 Å². The molecule has 0 aromatic rings. The molecule has 0 rings (SSSR count). The molecule has 1 atom stereocenters. The zero-order valence-corrected chi connectivity index (χ0v) is 11.3. The van der Waals surface area contributed by atoms with Crippen molar-refractivity contribution >= 4 is 26.7 Å². The molecule has 0 spiro atoms. The summed E-state index contributed by atoms with van der Waals surface area (Å²) in [4.78, 5) is 0. The number of hydrogen-bond acceptors (Lipinski definition) is 1. The fourth-order valence-electron chi connectivity index (χ4n) is 0.987. The van der Waals surface area contributed by atoms with Crippen LogP contribution in [0.4, 0.5) is 0 Å². The lowest BCUT2D eigenvalue weighted by Gasteiger charge is -2.17. The van der Waals surface area contributed by atoms with Gasteiger partial charge < -0.3 is 0 Å².